The lowest BCUT2D eigenvalue weighted by atomic mass is 10.2. The van der Waals surface area contributed by atoms with E-state index >= 15 is 0 Å². The zero-order valence-corrected chi connectivity index (χ0v) is 10.4. The van der Waals surface area contributed by atoms with Gasteiger partial charge in [-0.05, 0) is 19.1 Å². The Bertz CT molecular complexity index is 617. The van der Waals surface area contributed by atoms with Gasteiger partial charge in [-0.25, -0.2) is 0 Å². The van der Waals surface area contributed by atoms with Gasteiger partial charge in [0.1, 0.15) is 5.75 Å². The minimum atomic E-state index is -0.270. The second-order valence-corrected chi connectivity index (χ2v) is 4.00. The molecule has 0 amide bonds. The Hall–Kier alpha value is -2.07. The molecule has 1 heterocycles. The number of para-hydroxylation sites is 2. The van der Waals surface area contributed by atoms with E-state index in [2.05, 4.69) is 0 Å². The molecule has 0 unspecified atom stereocenters. The van der Waals surface area contributed by atoms with Crippen LogP contribution in [-0.4, -0.2) is 16.8 Å². The molecule has 0 fully saturated rings. The second-order valence-electron chi connectivity index (χ2n) is 4.00. The van der Waals surface area contributed by atoms with E-state index in [0.717, 1.165) is 11.4 Å². The van der Waals surface area contributed by atoms with E-state index in [4.69, 9.17) is 9.84 Å². The molecule has 0 saturated heterocycles. The first-order valence-electron chi connectivity index (χ1n) is 5.64. The van der Waals surface area contributed by atoms with Gasteiger partial charge in [0.05, 0.1) is 19.4 Å². The number of nitrogens with zero attached hydrogens (tertiary/aromatic N) is 1. The number of aliphatic hydroxyl groups excluding tert-OH is 1. The largest absolute Gasteiger partial charge is 0.495 e. The number of aliphatic hydroxyl groups is 1. The molecule has 4 nitrogen and oxygen atoms in total. The zero-order valence-electron chi connectivity index (χ0n) is 10.4. The number of ether oxygens (including phenoxy) is 1. The van der Waals surface area contributed by atoms with Crippen LogP contribution >= 0.6 is 0 Å². The molecule has 4 heteroatoms. The fourth-order valence-corrected chi connectivity index (χ4v) is 1.88. The molecular formula is C14H15NO3. The van der Waals surface area contributed by atoms with E-state index in [1.807, 2.05) is 35.8 Å². The van der Waals surface area contributed by atoms with Crippen LogP contribution < -0.4 is 10.2 Å². The number of methoxy groups -OCH3 is 1. The number of aromatic nitrogens is 1. The summed E-state index contributed by atoms with van der Waals surface area (Å²) in [4.78, 5) is 11.6. The van der Waals surface area contributed by atoms with Crippen LogP contribution in [0.1, 0.15) is 11.3 Å². The molecule has 0 bridgehead atoms. The Labute approximate surface area is 105 Å². The molecule has 0 aliphatic heterocycles. The van der Waals surface area contributed by atoms with Gasteiger partial charge in [0.15, 0.2) is 5.43 Å². The number of aryl methyl sites for hydroxylation is 1. The Morgan fingerprint density at radius 1 is 1.33 bits per heavy atom. The van der Waals surface area contributed by atoms with Crippen molar-refractivity contribution in [3.8, 4) is 11.4 Å². The molecule has 0 radical (unpaired) electrons. The predicted molar refractivity (Wildman–Crippen MR) is 69.3 cm³/mol. The van der Waals surface area contributed by atoms with Crippen molar-refractivity contribution < 1.29 is 9.84 Å². The van der Waals surface area contributed by atoms with Gasteiger partial charge in [-0.1, -0.05) is 12.1 Å². The molecule has 0 aliphatic rings. The molecule has 2 aromatic rings. The third kappa shape index (κ3) is 2.15. The first-order valence-corrected chi connectivity index (χ1v) is 5.64. The summed E-state index contributed by atoms with van der Waals surface area (Å²) in [6, 6.07) is 9.04. The molecule has 0 saturated carbocycles. The SMILES string of the molecule is COc1ccccc1-n1cc(CO)c(=O)cc1C. The van der Waals surface area contributed by atoms with Gasteiger partial charge in [0, 0.05) is 23.5 Å². The molecule has 0 aliphatic carbocycles. The van der Waals surface area contributed by atoms with E-state index in [1.54, 1.807) is 13.3 Å². The summed E-state index contributed by atoms with van der Waals surface area (Å²) in [7, 11) is 1.60. The van der Waals surface area contributed by atoms with Gasteiger partial charge in [0.25, 0.3) is 0 Å². The Kier molecular flexibility index (Phi) is 3.48. The summed E-state index contributed by atoms with van der Waals surface area (Å²) in [6.45, 7) is 1.57. The van der Waals surface area contributed by atoms with Crippen LogP contribution in [0.4, 0.5) is 0 Å². The number of pyridine rings is 1. The van der Waals surface area contributed by atoms with Crippen LogP contribution in [0.15, 0.2) is 41.3 Å². The van der Waals surface area contributed by atoms with Crippen molar-refractivity contribution in [2.45, 2.75) is 13.5 Å². The molecule has 1 aromatic carbocycles. The highest BCUT2D eigenvalue weighted by molar-refractivity contribution is 5.48. The van der Waals surface area contributed by atoms with Crippen molar-refractivity contribution in [2.75, 3.05) is 7.11 Å². The topological polar surface area (TPSA) is 51.5 Å². The number of hydrogen-bond acceptors (Lipinski definition) is 3. The summed E-state index contributed by atoms with van der Waals surface area (Å²) in [5, 5.41) is 9.16. The molecule has 94 valence electrons. The Morgan fingerprint density at radius 2 is 2.06 bits per heavy atom. The van der Waals surface area contributed by atoms with Crippen LogP contribution in [-0.2, 0) is 6.61 Å². The van der Waals surface area contributed by atoms with Gasteiger partial charge in [-0.2, -0.15) is 0 Å². The Morgan fingerprint density at radius 3 is 2.72 bits per heavy atom. The van der Waals surface area contributed by atoms with Gasteiger partial charge < -0.3 is 14.4 Å². The molecule has 1 N–H and O–H groups in total. The van der Waals surface area contributed by atoms with Crippen LogP contribution in [0.2, 0.25) is 0 Å². The van der Waals surface area contributed by atoms with Crippen LogP contribution in [0, 0.1) is 6.92 Å². The Balaban J connectivity index is 2.67. The summed E-state index contributed by atoms with van der Waals surface area (Å²) in [5.41, 5.74) is 1.85. The van der Waals surface area contributed by atoms with Gasteiger partial charge >= 0.3 is 0 Å². The van der Waals surface area contributed by atoms with Crippen LogP contribution in [0.5, 0.6) is 5.75 Å². The van der Waals surface area contributed by atoms with E-state index in [1.165, 1.54) is 6.07 Å². The maximum atomic E-state index is 11.6. The third-order valence-electron chi connectivity index (χ3n) is 2.84. The van der Waals surface area contributed by atoms with Crippen molar-refractivity contribution in [2.24, 2.45) is 0 Å². The molecule has 2 rings (SSSR count). The van der Waals surface area contributed by atoms with Crippen LogP contribution in [0.25, 0.3) is 5.69 Å². The first kappa shape index (κ1) is 12.4. The highest BCUT2D eigenvalue weighted by Gasteiger charge is 2.08. The monoisotopic (exact) mass is 245 g/mol. The molecule has 0 spiro atoms. The highest BCUT2D eigenvalue weighted by Crippen LogP contribution is 2.23. The number of rotatable bonds is 3. The standard InChI is InChI=1S/C14H15NO3/c1-10-7-13(17)11(9-16)8-15(10)12-5-3-4-6-14(12)18-2/h3-8,16H,9H2,1-2H3. The highest BCUT2D eigenvalue weighted by atomic mass is 16.5. The summed E-state index contributed by atoms with van der Waals surface area (Å²) in [5.74, 6) is 0.716. The first-order chi connectivity index (χ1) is 8.67. The average molecular weight is 245 g/mol. The normalized spacial score (nSPS) is 10.4. The summed E-state index contributed by atoms with van der Waals surface area (Å²) < 4.78 is 7.14. The smallest absolute Gasteiger partial charge is 0.187 e. The quantitative estimate of drug-likeness (QED) is 0.894. The molecule has 1 aromatic heterocycles. The number of benzene rings is 1. The summed E-state index contributed by atoms with van der Waals surface area (Å²) >= 11 is 0. The van der Waals surface area contributed by atoms with E-state index in [0.29, 0.717) is 11.3 Å². The van der Waals surface area contributed by atoms with E-state index in [-0.39, 0.29) is 12.0 Å². The fraction of sp³-hybridized carbons (Fsp3) is 0.214. The second kappa shape index (κ2) is 5.06. The predicted octanol–water partition coefficient (Wildman–Crippen LogP) is 1.65. The van der Waals surface area contributed by atoms with Crippen molar-refractivity contribution in [3.63, 3.8) is 0 Å². The number of hydrogen-bond donors (Lipinski definition) is 1. The maximum absolute atomic E-state index is 11.6. The van der Waals surface area contributed by atoms with E-state index < -0.39 is 0 Å². The minimum Gasteiger partial charge on any atom is -0.495 e. The van der Waals surface area contributed by atoms with Gasteiger partial charge in [-0.15, -0.1) is 0 Å². The minimum absolute atomic E-state index is 0.152. The molecule has 18 heavy (non-hydrogen) atoms. The fourth-order valence-electron chi connectivity index (χ4n) is 1.88. The lowest BCUT2D eigenvalue weighted by Crippen LogP contribution is -2.14. The lowest BCUT2D eigenvalue weighted by molar-refractivity contribution is 0.280. The maximum Gasteiger partial charge on any atom is 0.187 e. The lowest BCUT2D eigenvalue weighted by Gasteiger charge is -2.15. The van der Waals surface area contributed by atoms with Gasteiger partial charge in [-0.3, -0.25) is 4.79 Å². The molecule has 0 atom stereocenters. The summed E-state index contributed by atoms with van der Waals surface area (Å²) in [6.07, 6.45) is 1.65. The third-order valence-corrected chi connectivity index (χ3v) is 2.84. The molecular weight excluding hydrogens is 230 g/mol. The van der Waals surface area contributed by atoms with Crippen molar-refractivity contribution in [3.05, 3.63) is 58.0 Å². The van der Waals surface area contributed by atoms with Gasteiger partial charge in [0.2, 0.25) is 0 Å². The van der Waals surface area contributed by atoms with Crippen molar-refractivity contribution in [1.82, 2.24) is 4.57 Å². The van der Waals surface area contributed by atoms with Crippen LogP contribution in [0.3, 0.4) is 0 Å². The van der Waals surface area contributed by atoms with Crippen molar-refractivity contribution >= 4 is 0 Å². The average Bonchev–Trinajstić information content (AvgIpc) is 2.39. The zero-order chi connectivity index (χ0) is 13.1. The van der Waals surface area contributed by atoms with Crippen molar-refractivity contribution in [1.29, 1.82) is 0 Å². The van der Waals surface area contributed by atoms with E-state index in [9.17, 15) is 4.79 Å².